The van der Waals surface area contributed by atoms with Gasteiger partial charge in [0.2, 0.25) is 5.82 Å². The van der Waals surface area contributed by atoms with E-state index in [0.717, 1.165) is 12.0 Å². The Morgan fingerprint density at radius 3 is 1.44 bits per heavy atom. The molecule has 32 heavy (non-hydrogen) atoms. The average molecular weight is 433 g/mol. The van der Waals surface area contributed by atoms with Gasteiger partial charge in [0.15, 0.2) is 0 Å². The minimum atomic E-state index is 0.662. The van der Waals surface area contributed by atoms with E-state index in [1.807, 2.05) is 0 Å². The van der Waals surface area contributed by atoms with Crippen LogP contribution in [0.2, 0.25) is 0 Å². The van der Waals surface area contributed by atoms with Gasteiger partial charge in [-0.25, -0.2) is 0 Å². The van der Waals surface area contributed by atoms with Gasteiger partial charge in [0.05, 0.1) is 0 Å². The van der Waals surface area contributed by atoms with E-state index in [1.165, 1.54) is 101 Å². The highest BCUT2D eigenvalue weighted by Crippen LogP contribution is 2.17. The molecule has 0 radical (unpaired) electrons. The van der Waals surface area contributed by atoms with Gasteiger partial charge in [-0.2, -0.15) is 5.21 Å². The maximum absolute atomic E-state index is 4.02. The molecule has 0 aliphatic rings. The summed E-state index contributed by atoms with van der Waals surface area (Å²) < 4.78 is 0. The van der Waals surface area contributed by atoms with E-state index in [2.05, 4.69) is 75.2 Å². The largest absolute Gasteiger partial charge is 0.204 e. The topological polar surface area (TPSA) is 54.5 Å². The highest BCUT2D eigenvalue weighted by molar-refractivity contribution is 5.54. The molecule has 0 unspecified atom stereocenters. The van der Waals surface area contributed by atoms with Gasteiger partial charge in [-0.05, 0) is 42.0 Å². The number of hydrogen-bond acceptors (Lipinski definition) is 3. The molecule has 4 heteroatoms. The number of benzene rings is 2. The van der Waals surface area contributed by atoms with Crippen molar-refractivity contribution >= 4 is 0 Å². The van der Waals surface area contributed by atoms with Gasteiger partial charge in [0, 0.05) is 5.56 Å². The number of hydrogen-bond donors (Lipinski definition) is 1. The van der Waals surface area contributed by atoms with Gasteiger partial charge < -0.3 is 0 Å². The molecule has 0 fully saturated rings. The van der Waals surface area contributed by atoms with E-state index in [1.54, 1.807) is 0 Å². The molecule has 0 aliphatic heterocycles. The summed E-state index contributed by atoms with van der Waals surface area (Å²) in [5.41, 5.74) is 3.91. The van der Waals surface area contributed by atoms with E-state index in [9.17, 15) is 0 Å². The number of aromatic nitrogens is 4. The van der Waals surface area contributed by atoms with Crippen LogP contribution in [-0.4, -0.2) is 20.6 Å². The number of rotatable bonds is 17. The Labute approximate surface area is 194 Å². The smallest absolute Gasteiger partial charge is 0.177 e. The summed E-state index contributed by atoms with van der Waals surface area (Å²) in [4.78, 5) is 0. The lowest BCUT2D eigenvalue weighted by atomic mass is 10.0. The lowest BCUT2D eigenvalue weighted by Crippen LogP contribution is -1.88. The fourth-order valence-corrected chi connectivity index (χ4v) is 4.35. The SMILES string of the molecule is c1ccc(CCCCCCCCCCCCCCCc2ccc(-c3nn[nH]n3)cc2)cc1. The van der Waals surface area contributed by atoms with E-state index in [-0.39, 0.29) is 0 Å². The van der Waals surface area contributed by atoms with Crippen LogP contribution in [0.15, 0.2) is 54.6 Å². The average Bonchev–Trinajstić information content (AvgIpc) is 3.38. The van der Waals surface area contributed by atoms with Crippen LogP contribution in [0.4, 0.5) is 0 Å². The first-order chi connectivity index (χ1) is 15.9. The number of unbranched alkanes of at least 4 members (excludes halogenated alkanes) is 12. The summed E-state index contributed by atoms with van der Waals surface area (Å²) in [6.45, 7) is 0. The summed E-state index contributed by atoms with van der Waals surface area (Å²) in [6, 6.07) is 19.5. The van der Waals surface area contributed by atoms with Gasteiger partial charge in [-0.1, -0.05) is 125 Å². The van der Waals surface area contributed by atoms with E-state index >= 15 is 0 Å². The minimum Gasteiger partial charge on any atom is -0.177 e. The van der Waals surface area contributed by atoms with Crippen molar-refractivity contribution < 1.29 is 0 Å². The van der Waals surface area contributed by atoms with Crippen LogP contribution in [0.25, 0.3) is 11.4 Å². The van der Waals surface area contributed by atoms with E-state index in [0.29, 0.717) is 5.82 Å². The van der Waals surface area contributed by atoms with Gasteiger partial charge in [0.25, 0.3) is 0 Å². The molecule has 2 aromatic carbocycles. The molecule has 0 saturated carbocycles. The minimum absolute atomic E-state index is 0.662. The first kappa shape index (κ1) is 24.2. The third kappa shape index (κ3) is 9.76. The quantitative estimate of drug-likeness (QED) is 0.222. The summed E-state index contributed by atoms with van der Waals surface area (Å²) in [6.07, 6.45) is 20.5. The Kier molecular flexibility index (Phi) is 11.6. The third-order valence-electron chi connectivity index (χ3n) is 6.33. The van der Waals surface area contributed by atoms with E-state index < -0.39 is 0 Å². The molecule has 1 heterocycles. The molecule has 0 spiro atoms. The molecular formula is C28H40N4. The first-order valence-electron chi connectivity index (χ1n) is 12.8. The molecule has 1 aromatic heterocycles. The normalized spacial score (nSPS) is 11.1. The van der Waals surface area contributed by atoms with Gasteiger partial charge in [-0.15, -0.1) is 10.2 Å². The summed E-state index contributed by atoms with van der Waals surface area (Å²) >= 11 is 0. The number of nitrogens with one attached hydrogen (secondary N) is 1. The molecule has 0 bridgehead atoms. The zero-order valence-electron chi connectivity index (χ0n) is 19.6. The molecule has 0 amide bonds. The van der Waals surface area contributed by atoms with Crippen molar-refractivity contribution in [3.8, 4) is 11.4 Å². The van der Waals surface area contributed by atoms with Crippen molar-refractivity contribution in [1.82, 2.24) is 20.6 Å². The summed E-state index contributed by atoms with van der Waals surface area (Å²) in [5, 5.41) is 14.2. The highest BCUT2D eigenvalue weighted by atomic mass is 15.5. The van der Waals surface area contributed by atoms with Crippen LogP contribution in [0.5, 0.6) is 0 Å². The zero-order valence-corrected chi connectivity index (χ0v) is 19.6. The number of aromatic amines is 1. The highest BCUT2D eigenvalue weighted by Gasteiger charge is 2.02. The van der Waals surface area contributed by atoms with E-state index in [4.69, 9.17) is 0 Å². The lowest BCUT2D eigenvalue weighted by molar-refractivity contribution is 0.536. The van der Waals surface area contributed by atoms with Gasteiger partial charge >= 0.3 is 0 Å². The third-order valence-corrected chi connectivity index (χ3v) is 6.33. The predicted octanol–water partition coefficient (Wildman–Crippen LogP) is 7.72. The van der Waals surface area contributed by atoms with Gasteiger partial charge in [-0.3, -0.25) is 0 Å². The molecule has 4 nitrogen and oxygen atoms in total. The Morgan fingerprint density at radius 1 is 0.500 bits per heavy atom. The molecule has 1 N–H and O–H groups in total. The Balaban J connectivity index is 1.06. The number of nitrogens with zero attached hydrogens (tertiary/aromatic N) is 3. The number of H-pyrrole nitrogens is 1. The van der Waals surface area contributed by atoms with Crippen LogP contribution in [0, 0.1) is 0 Å². The van der Waals surface area contributed by atoms with Crippen molar-refractivity contribution in [3.05, 3.63) is 65.7 Å². The van der Waals surface area contributed by atoms with Crippen LogP contribution in [-0.2, 0) is 12.8 Å². The Morgan fingerprint density at radius 2 is 0.969 bits per heavy atom. The number of aryl methyl sites for hydroxylation is 2. The van der Waals surface area contributed by atoms with Crippen LogP contribution < -0.4 is 0 Å². The van der Waals surface area contributed by atoms with Crippen LogP contribution in [0.1, 0.15) is 94.6 Å². The van der Waals surface area contributed by atoms with Crippen LogP contribution in [0.3, 0.4) is 0 Å². The second kappa shape index (κ2) is 15.3. The van der Waals surface area contributed by atoms with Crippen molar-refractivity contribution in [2.45, 2.75) is 96.3 Å². The second-order valence-electron chi connectivity index (χ2n) is 9.01. The van der Waals surface area contributed by atoms with Crippen LogP contribution >= 0.6 is 0 Å². The maximum atomic E-state index is 4.02. The fourth-order valence-electron chi connectivity index (χ4n) is 4.35. The molecule has 0 aliphatic carbocycles. The zero-order chi connectivity index (χ0) is 22.1. The molecular weight excluding hydrogens is 392 g/mol. The summed E-state index contributed by atoms with van der Waals surface area (Å²) in [7, 11) is 0. The van der Waals surface area contributed by atoms with Gasteiger partial charge in [0.1, 0.15) is 0 Å². The standard InChI is InChI=1S/C28H40N4/c1(2-4-6-8-10-13-17-25-18-15-12-16-19-25)3-5-7-9-11-14-20-26-21-23-27(24-22-26)28-29-31-32-30-28/h12,15-16,18-19,21-24H,1-11,13-14,17,20H2,(H,29,30,31,32). The monoisotopic (exact) mass is 432 g/mol. The Bertz CT molecular complexity index is 812. The fraction of sp³-hybridized carbons (Fsp3) is 0.536. The lowest BCUT2D eigenvalue weighted by Gasteiger charge is -2.04. The number of tetrazole rings is 1. The molecule has 3 rings (SSSR count). The van der Waals surface area contributed by atoms with Crippen molar-refractivity contribution in [2.24, 2.45) is 0 Å². The predicted molar refractivity (Wildman–Crippen MR) is 133 cm³/mol. The van der Waals surface area contributed by atoms with Crippen molar-refractivity contribution in [3.63, 3.8) is 0 Å². The molecule has 172 valence electrons. The Hall–Kier alpha value is -2.49. The molecule has 0 atom stereocenters. The first-order valence-corrected chi connectivity index (χ1v) is 12.8. The molecule has 3 aromatic rings. The molecule has 0 saturated heterocycles. The van der Waals surface area contributed by atoms with Crippen molar-refractivity contribution in [1.29, 1.82) is 0 Å². The maximum Gasteiger partial charge on any atom is 0.204 e. The van der Waals surface area contributed by atoms with Crippen molar-refractivity contribution in [2.75, 3.05) is 0 Å². The summed E-state index contributed by atoms with van der Waals surface area (Å²) in [5.74, 6) is 0.662. The second-order valence-corrected chi connectivity index (χ2v) is 9.01.